The van der Waals surface area contributed by atoms with Crippen molar-refractivity contribution in [2.75, 3.05) is 19.5 Å². The van der Waals surface area contributed by atoms with Crippen LogP contribution in [0.1, 0.15) is 12.2 Å². The third kappa shape index (κ3) is 3.18. The van der Waals surface area contributed by atoms with Gasteiger partial charge in [-0.1, -0.05) is 28.4 Å². The van der Waals surface area contributed by atoms with Crippen LogP contribution < -0.4 is 5.73 Å². The summed E-state index contributed by atoms with van der Waals surface area (Å²) in [5.74, 6) is 0.861. The second-order valence-electron chi connectivity index (χ2n) is 3.93. The van der Waals surface area contributed by atoms with E-state index in [2.05, 4.69) is 10.1 Å². The Morgan fingerprint density at radius 1 is 1.32 bits per heavy atom. The van der Waals surface area contributed by atoms with Crippen LogP contribution >= 0.6 is 23.2 Å². The maximum atomic E-state index is 6.09. The lowest BCUT2D eigenvalue weighted by molar-refractivity contribution is 0.194. The van der Waals surface area contributed by atoms with Crippen molar-refractivity contribution >= 4 is 28.9 Å². The van der Waals surface area contributed by atoms with Crippen molar-refractivity contribution in [3.8, 4) is 11.5 Å². The second kappa shape index (κ2) is 6.23. The molecular formula is C12H13Cl2N3O2. The van der Waals surface area contributed by atoms with Gasteiger partial charge in [-0.05, 0) is 18.6 Å². The van der Waals surface area contributed by atoms with E-state index in [0.717, 1.165) is 6.42 Å². The molecule has 1 heterocycles. The number of aryl methyl sites for hydroxylation is 1. The molecular weight excluding hydrogens is 289 g/mol. The molecule has 2 rings (SSSR count). The van der Waals surface area contributed by atoms with Crippen molar-refractivity contribution in [2.45, 2.75) is 12.8 Å². The smallest absolute Gasteiger partial charge is 0.261 e. The molecule has 0 amide bonds. The fraction of sp³-hybridized carbons (Fsp3) is 0.333. The zero-order chi connectivity index (χ0) is 13.8. The predicted molar refractivity (Wildman–Crippen MR) is 74.4 cm³/mol. The van der Waals surface area contributed by atoms with Crippen molar-refractivity contribution < 1.29 is 9.26 Å². The highest BCUT2D eigenvalue weighted by Gasteiger charge is 2.17. The highest BCUT2D eigenvalue weighted by atomic mass is 35.5. The van der Waals surface area contributed by atoms with Gasteiger partial charge in [0.1, 0.15) is 0 Å². The molecule has 0 unspecified atom stereocenters. The molecule has 0 fully saturated rings. The van der Waals surface area contributed by atoms with Crippen molar-refractivity contribution in [3.63, 3.8) is 0 Å². The van der Waals surface area contributed by atoms with Crippen LogP contribution in [-0.2, 0) is 11.2 Å². The Morgan fingerprint density at radius 2 is 2.05 bits per heavy atom. The van der Waals surface area contributed by atoms with E-state index in [9.17, 15) is 0 Å². The maximum Gasteiger partial charge on any atom is 0.261 e. The molecule has 5 nitrogen and oxygen atoms in total. The summed E-state index contributed by atoms with van der Waals surface area (Å²) in [6, 6.07) is 3.27. The fourth-order valence-electron chi connectivity index (χ4n) is 1.62. The zero-order valence-electron chi connectivity index (χ0n) is 10.3. The van der Waals surface area contributed by atoms with Gasteiger partial charge in [0, 0.05) is 20.1 Å². The lowest BCUT2D eigenvalue weighted by atomic mass is 10.2. The SMILES string of the molecule is COCCCc1noc(-c2c(Cl)ccc(Cl)c2N)n1. The van der Waals surface area contributed by atoms with E-state index in [-0.39, 0.29) is 5.89 Å². The Bertz CT molecular complexity index is 572. The average Bonchev–Trinajstić information content (AvgIpc) is 2.83. The highest BCUT2D eigenvalue weighted by molar-refractivity contribution is 6.37. The zero-order valence-corrected chi connectivity index (χ0v) is 11.8. The number of ether oxygens (including phenoxy) is 1. The van der Waals surface area contributed by atoms with Crippen molar-refractivity contribution in [1.82, 2.24) is 10.1 Å². The molecule has 2 N–H and O–H groups in total. The normalized spacial score (nSPS) is 10.9. The van der Waals surface area contributed by atoms with Crippen LogP contribution in [0.2, 0.25) is 10.0 Å². The van der Waals surface area contributed by atoms with Gasteiger partial charge >= 0.3 is 0 Å². The number of nitrogen functional groups attached to an aromatic ring is 1. The number of aromatic nitrogens is 2. The summed E-state index contributed by atoms with van der Waals surface area (Å²) in [6.45, 7) is 0.643. The van der Waals surface area contributed by atoms with Gasteiger partial charge in [-0.25, -0.2) is 0 Å². The molecule has 0 saturated heterocycles. The number of nitrogens with two attached hydrogens (primary N) is 1. The number of halogens is 2. The Labute approximate surface area is 120 Å². The number of nitrogens with zero attached hydrogens (tertiary/aromatic N) is 2. The van der Waals surface area contributed by atoms with E-state index in [4.69, 9.17) is 38.2 Å². The molecule has 19 heavy (non-hydrogen) atoms. The lowest BCUT2D eigenvalue weighted by Gasteiger charge is -2.04. The number of hydrogen-bond acceptors (Lipinski definition) is 5. The number of benzene rings is 1. The van der Waals surface area contributed by atoms with Gasteiger partial charge in [0.25, 0.3) is 5.89 Å². The Hall–Kier alpha value is -1.30. The van der Waals surface area contributed by atoms with Crippen LogP contribution in [-0.4, -0.2) is 23.9 Å². The third-order valence-electron chi connectivity index (χ3n) is 2.57. The number of methoxy groups -OCH3 is 1. The molecule has 1 aromatic heterocycles. The summed E-state index contributed by atoms with van der Waals surface area (Å²) in [4.78, 5) is 4.26. The van der Waals surface area contributed by atoms with Crippen LogP contribution in [0, 0.1) is 0 Å². The highest BCUT2D eigenvalue weighted by Crippen LogP contribution is 2.36. The van der Waals surface area contributed by atoms with E-state index in [1.807, 2.05) is 0 Å². The first kappa shape index (κ1) is 14.1. The van der Waals surface area contributed by atoms with Crippen LogP contribution in [0.3, 0.4) is 0 Å². The van der Waals surface area contributed by atoms with Gasteiger partial charge < -0.3 is 15.0 Å². The van der Waals surface area contributed by atoms with E-state index in [1.54, 1.807) is 19.2 Å². The van der Waals surface area contributed by atoms with Gasteiger partial charge in [0.2, 0.25) is 0 Å². The fourth-order valence-corrected chi connectivity index (χ4v) is 2.02. The van der Waals surface area contributed by atoms with E-state index >= 15 is 0 Å². The van der Waals surface area contributed by atoms with Gasteiger partial charge in [0.15, 0.2) is 5.82 Å². The molecule has 0 bridgehead atoms. The summed E-state index contributed by atoms with van der Waals surface area (Å²) in [6.07, 6.45) is 1.48. The molecule has 102 valence electrons. The van der Waals surface area contributed by atoms with Gasteiger partial charge in [-0.2, -0.15) is 4.98 Å². The number of anilines is 1. The average molecular weight is 302 g/mol. The van der Waals surface area contributed by atoms with Gasteiger partial charge in [0.05, 0.1) is 21.3 Å². The summed E-state index contributed by atoms with van der Waals surface area (Å²) in [5, 5.41) is 4.70. The first-order valence-corrected chi connectivity index (χ1v) is 6.44. The van der Waals surface area contributed by atoms with Gasteiger partial charge in [-0.3, -0.25) is 0 Å². The second-order valence-corrected chi connectivity index (χ2v) is 4.74. The van der Waals surface area contributed by atoms with Crippen LogP contribution in [0.15, 0.2) is 16.7 Å². The molecule has 0 aliphatic rings. The maximum absolute atomic E-state index is 6.09. The molecule has 2 aromatic rings. The summed E-state index contributed by atoms with van der Waals surface area (Å²) in [5.41, 5.74) is 6.69. The molecule has 0 aliphatic carbocycles. The van der Waals surface area contributed by atoms with E-state index in [1.165, 1.54) is 0 Å². The quantitative estimate of drug-likeness (QED) is 0.678. The summed E-state index contributed by atoms with van der Waals surface area (Å²) in [7, 11) is 1.65. The van der Waals surface area contributed by atoms with Crippen molar-refractivity contribution in [3.05, 3.63) is 28.0 Å². The minimum atomic E-state index is 0.275. The molecule has 1 aromatic carbocycles. The molecule has 0 radical (unpaired) electrons. The molecule has 0 atom stereocenters. The largest absolute Gasteiger partial charge is 0.397 e. The third-order valence-corrected chi connectivity index (χ3v) is 3.22. The van der Waals surface area contributed by atoms with Crippen LogP contribution in [0.25, 0.3) is 11.5 Å². The minimum Gasteiger partial charge on any atom is -0.397 e. The molecule has 0 spiro atoms. The molecule has 0 aliphatic heterocycles. The predicted octanol–water partition coefficient (Wildman–Crippen LogP) is 3.20. The summed E-state index contributed by atoms with van der Waals surface area (Å²) < 4.78 is 10.1. The standard InChI is InChI=1S/C12H13Cl2N3O2/c1-18-6-2-3-9-16-12(19-17-9)10-7(13)4-5-8(14)11(10)15/h4-5H,2-3,6,15H2,1H3. The Morgan fingerprint density at radius 3 is 2.79 bits per heavy atom. The van der Waals surface area contributed by atoms with Gasteiger partial charge in [-0.15, -0.1) is 0 Å². The minimum absolute atomic E-state index is 0.275. The molecule has 7 heteroatoms. The number of hydrogen-bond donors (Lipinski definition) is 1. The van der Waals surface area contributed by atoms with Crippen molar-refractivity contribution in [2.24, 2.45) is 0 Å². The first-order valence-electron chi connectivity index (χ1n) is 5.69. The number of rotatable bonds is 5. The molecule has 0 saturated carbocycles. The lowest BCUT2D eigenvalue weighted by Crippen LogP contribution is -1.95. The monoisotopic (exact) mass is 301 g/mol. The van der Waals surface area contributed by atoms with Crippen LogP contribution in [0.5, 0.6) is 0 Å². The Balaban J connectivity index is 2.25. The Kier molecular flexibility index (Phi) is 4.63. The van der Waals surface area contributed by atoms with E-state index < -0.39 is 0 Å². The first-order chi connectivity index (χ1) is 9.13. The van der Waals surface area contributed by atoms with Crippen LogP contribution in [0.4, 0.5) is 5.69 Å². The van der Waals surface area contributed by atoms with Crippen molar-refractivity contribution in [1.29, 1.82) is 0 Å². The summed E-state index contributed by atoms with van der Waals surface area (Å²) >= 11 is 12.0. The van der Waals surface area contributed by atoms with E-state index in [0.29, 0.717) is 40.1 Å². The topological polar surface area (TPSA) is 74.2 Å².